The van der Waals surface area contributed by atoms with Gasteiger partial charge in [0.2, 0.25) is 0 Å². The fraction of sp³-hybridized carbons (Fsp3) is 1.00. The summed E-state index contributed by atoms with van der Waals surface area (Å²) in [7, 11) is 0.459. The van der Waals surface area contributed by atoms with Crippen molar-refractivity contribution < 1.29 is 8.42 Å². The smallest absolute Gasteiger partial charge is 0.281 e. The summed E-state index contributed by atoms with van der Waals surface area (Å²) in [5.41, 5.74) is 0. The van der Waals surface area contributed by atoms with Gasteiger partial charge < -0.3 is 5.32 Å². The Balaban J connectivity index is 1.85. The second-order valence-electron chi connectivity index (χ2n) is 6.69. The zero-order valence-corrected chi connectivity index (χ0v) is 14.4. The van der Waals surface area contributed by atoms with Crippen LogP contribution in [-0.2, 0) is 10.2 Å². The van der Waals surface area contributed by atoms with E-state index in [2.05, 4.69) is 5.32 Å². The summed E-state index contributed by atoms with van der Waals surface area (Å²) in [6.45, 7) is 3.03. The molecule has 6 heteroatoms. The molecule has 0 aromatic heterocycles. The van der Waals surface area contributed by atoms with E-state index < -0.39 is 10.2 Å². The van der Waals surface area contributed by atoms with Crippen molar-refractivity contribution in [1.29, 1.82) is 0 Å². The first kappa shape index (κ1) is 17.2. The molecule has 1 heterocycles. The van der Waals surface area contributed by atoms with Crippen LogP contribution in [0.15, 0.2) is 0 Å². The van der Waals surface area contributed by atoms with E-state index in [0.29, 0.717) is 31.5 Å². The molecule has 1 saturated heterocycles. The Morgan fingerprint density at radius 2 is 1.67 bits per heavy atom. The lowest BCUT2D eigenvalue weighted by Crippen LogP contribution is -2.47. The second-order valence-corrected chi connectivity index (χ2v) is 8.73. The van der Waals surface area contributed by atoms with Gasteiger partial charge in [-0.15, -0.1) is 0 Å². The first-order valence-electron chi connectivity index (χ1n) is 8.40. The van der Waals surface area contributed by atoms with Gasteiger partial charge in [-0.1, -0.05) is 19.3 Å². The van der Waals surface area contributed by atoms with Crippen LogP contribution in [0.5, 0.6) is 0 Å². The zero-order valence-electron chi connectivity index (χ0n) is 13.6. The summed E-state index contributed by atoms with van der Waals surface area (Å²) >= 11 is 0. The van der Waals surface area contributed by atoms with Gasteiger partial charge in [0.15, 0.2) is 0 Å². The van der Waals surface area contributed by atoms with Crippen molar-refractivity contribution in [2.75, 3.05) is 40.3 Å². The molecule has 124 valence electrons. The van der Waals surface area contributed by atoms with Crippen LogP contribution in [0, 0.1) is 11.8 Å². The Morgan fingerprint density at radius 3 is 2.24 bits per heavy atom. The van der Waals surface area contributed by atoms with Gasteiger partial charge in [0.05, 0.1) is 0 Å². The Bertz CT molecular complexity index is 399. The monoisotopic (exact) mass is 317 g/mol. The molecule has 1 aliphatic carbocycles. The summed E-state index contributed by atoms with van der Waals surface area (Å²) in [6, 6.07) is 0. The third kappa shape index (κ3) is 4.65. The molecule has 0 radical (unpaired) electrons. The Labute approximate surface area is 130 Å². The van der Waals surface area contributed by atoms with Gasteiger partial charge in [-0.3, -0.25) is 0 Å². The maximum Gasteiger partial charge on any atom is 0.281 e. The highest BCUT2D eigenvalue weighted by molar-refractivity contribution is 7.86. The van der Waals surface area contributed by atoms with Gasteiger partial charge in [-0.05, 0) is 51.1 Å². The standard InChI is InChI=1S/C15H31N3O2S/c1-16-12-14-8-10-18(11-9-14)21(19,20)17(2)13-15-6-4-3-5-7-15/h14-16H,3-13H2,1-2H3. The van der Waals surface area contributed by atoms with E-state index in [1.807, 2.05) is 7.05 Å². The summed E-state index contributed by atoms with van der Waals surface area (Å²) in [5, 5.41) is 3.19. The molecular weight excluding hydrogens is 286 g/mol. The van der Waals surface area contributed by atoms with E-state index in [4.69, 9.17) is 0 Å². The third-order valence-corrected chi connectivity index (χ3v) is 6.98. The number of hydrogen-bond donors (Lipinski definition) is 1. The summed E-state index contributed by atoms with van der Waals surface area (Å²) in [4.78, 5) is 0. The topological polar surface area (TPSA) is 52.7 Å². The van der Waals surface area contributed by atoms with Crippen molar-refractivity contribution >= 4 is 10.2 Å². The van der Waals surface area contributed by atoms with Gasteiger partial charge in [-0.2, -0.15) is 17.0 Å². The number of rotatable bonds is 6. The minimum absolute atomic E-state index is 0.556. The van der Waals surface area contributed by atoms with E-state index in [1.165, 1.54) is 32.1 Å². The van der Waals surface area contributed by atoms with Crippen LogP contribution in [-0.4, -0.2) is 57.3 Å². The molecule has 0 aromatic carbocycles. The maximum atomic E-state index is 12.7. The molecule has 0 atom stereocenters. The van der Waals surface area contributed by atoms with Crippen LogP contribution in [0.3, 0.4) is 0 Å². The van der Waals surface area contributed by atoms with Crippen LogP contribution < -0.4 is 5.32 Å². The fourth-order valence-corrected chi connectivity index (χ4v) is 5.12. The van der Waals surface area contributed by atoms with Crippen molar-refractivity contribution in [2.45, 2.75) is 44.9 Å². The van der Waals surface area contributed by atoms with Gasteiger partial charge in [0.25, 0.3) is 10.2 Å². The minimum Gasteiger partial charge on any atom is -0.319 e. The summed E-state index contributed by atoms with van der Waals surface area (Å²) < 4.78 is 28.6. The van der Waals surface area contributed by atoms with Crippen LogP contribution in [0.25, 0.3) is 0 Å². The molecule has 21 heavy (non-hydrogen) atoms. The Kier molecular flexibility index (Phi) is 6.47. The molecule has 2 fully saturated rings. The quantitative estimate of drug-likeness (QED) is 0.811. The lowest BCUT2D eigenvalue weighted by atomic mass is 9.89. The molecule has 1 N–H and O–H groups in total. The normalized spacial score (nSPS) is 23.8. The highest BCUT2D eigenvalue weighted by atomic mass is 32.2. The lowest BCUT2D eigenvalue weighted by molar-refractivity contribution is 0.243. The Morgan fingerprint density at radius 1 is 1.05 bits per heavy atom. The predicted octanol–water partition coefficient (Wildman–Crippen LogP) is 1.67. The van der Waals surface area contributed by atoms with Gasteiger partial charge >= 0.3 is 0 Å². The number of nitrogens with zero attached hydrogens (tertiary/aromatic N) is 2. The average molecular weight is 317 g/mol. The minimum atomic E-state index is -3.25. The number of hydrogen-bond acceptors (Lipinski definition) is 3. The van der Waals surface area contributed by atoms with Crippen LogP contribution in [0.1, 0.15) is 44.9 Å². The first-order chi connectivity index (χ1) is 10.0. The van der Waals surface area contributed by atoms with E-state index >= 15 is 0 Å². The number of piperidine rings is 1. The van der Waals surface area contributed by atoms with E-state index in [-0.39, 0.29) is 0 Å². The lowest BCUT2D eigenvalue weighted by Gasteiger charge is -2.35. The van der Waals surface area contributed by atoms with E-state index in [0.717, 1.165) is 19.4 Å². The summed E-state index contributed by atoms with van der Waals surface area (Å²) in [5.74, 6) is 1.17. The van der Waals surface area contributed by atoms with E-state index in [9.17, 15) is 8.42 Å². The number of nitrogens with one attached hydrogen (secondary N) is 1. The third-order valence-electron chi connectivity index (χ3n) is 5.03. The van der Waals surface area contributed by atoms with Gasteiger partial charge in [-0.25, -0.2) is 0 Å². The Hall–Kier alpha value is -0.170. The van der Waals surface area contributed by atoms with Crippen molar-refractivity contribution in [3.8, 4) is 0 Å². The van der Waals surface area contributed by atoms with Crippen LogP contribution >= 0.6 is 0 Å². The first-order valence-corrected chi connectivity index (χ1v) is 9.79. The zero-order chi connectivity index (χ0) is 15.3. The van der Waals surface area contributed by atoms with Crippen molar-refractivity contribution in [3.05, 3.63) is 0 Å². The molecule has 0 unspecified atom stereocenters. The SMILES string of the molecule is CNCC1CCN(S(=O)(=O)N(C)CC2CCCCC2)CC1. The highest BCUT2D eigenvalue weighted by Gasteiger charge is 2.32. The van der Waals surface area contributed by atoms with Crippen molar-refractivity contribution in [3.63, 3.8) is 0 Å². The van der Waals surface area contributed by atoms with Crippen LogP contribution in [0.4, 0.5) is 0 Å². The molecule has 0 aromatic rings. The molecule has 1 aliphatic heterocycles. The van der Waals surface area contributed by atoms with Gasteiger partial charge in [0.1, 0.15) is 0 Å². The molecular formula is C15H31N3O2S. The maximum absolute atomic E-state index is 12.7. The van der Waals surface area contributed by atoms with Gasteiger partial charge in [0, 0.05) is 26.7 Å². The largest absolute Gasteiger partial charge is 0.319 e. The molecule has 0 spiro atoms. The molecule has 1 saturated carbocycles. The van der Waals surface area contributed by atoms with Crippen LogP contribution in [0.2, 0.25) is 0 Å². The van der Waals surface area contributed by atoms with Crippen molar-refractivity contribution in [1.82, 2.24) is 13.9 Å². The predicted molar refractivity (Wildman–Crippen MR) is 86.3 cm³/mol. The van der Waals surface area contributed by atoms with E-state index in [1.54, 1.807) is 15.7 Å². The highest BCUT2D eigenvalue weighted by Crippen LogP contribution is 2.26. The molecule has 0 bridgehead atoms. The molecule has 5 nitrogen and oxygen atoms in total. The van der Waals surface area contributed by atoms with Crippen molar-refractivity contribution in [2.24, 2.45) is 11.8 Å². The second kappa shape index (κ2) is 7.90. The molecule has 0 amide bonds. The summed E-state index contributed by atoms with van der Waals surface area (Å²) in [6.07, 6.45) is 8.14. The molecule has 2 aliphatic rings. The average Bonchev–Trinajstić information content (AvgIpc) is 2.49. The fourth-order valence-electron chi connectivity index (χ4n) is 3.66. The molecule has 2 rings (SSSR count).